The molecule has 1 aliphatic carbocycles. The molecule has 0 aromatic heterocycles. The third kappa shape index (κ3) is 4.28. The summed E-state index contributed by atoms with van der Waals surface area (Å²) in [6, 6.07) is 4.57. The Morgan fingerprint density at radius 2 is 2.00 bits per heavy atom. The van der Waals surface area contributed by atoms with E-state index in [2.05, 4.69) is 5.32 Å². The molecule has 5 nitrogen and oxygen atoms in total. The van der Waals surface area contributed by atoms with Crippen molar-refractivity contribution in [1.82, 2.24) is 5.32 Å². The number of nitrogens with two attached hydrogens (primary N) is 1. The fourth-order valence-corrected chi connectivity index (χ4v) is 3.65. The summed E-state index contributed by atoms with van der Waals surface area (Å²) < 4.78 is 22.9. The highest BCUT2D eigenvalue weighted by Crippen LogP contribution is 2.26. The van der Waals surface area contributed by atoms with Crippen LogP contribution in [0.1, 0.15) is 48.0 Å². The Bertz CT molecular complexity index is 620. The Morgan fingerprint density at radius 1 is 1.33 bits per heavy atom. The van der Waals surface area contributed by atoms with Crippen molar-refractivity contribution < 1.29 is 13.2 Å². The van der Waals surface area contributed by atoms with E-state index < -0.39 is 10.0 Å². The van der Waals surface area contributed by atoms with Crippen molar-refractivity contribution in [2.75, 3.05) is 6.54 Å². The summed E-state index contributed by atoms with van der Waals surface area (Å²) in [5.41, 5.74) is 0.871. The molecule has 0 saturated heterocycles. The fourth-order valence-electron chi connectivity index (χ4n) is 2.84. The maximum Gasteiger partial charge on any atom is 0.251 e. The van der Waals surface area contributed by atoms with E-state index in [1.54, 1.807) is 19.1 Å². The molecule has 0 radical (unpaired) electrons. The second-order valence-electron chi connectivity index (χ2n) is 5.72. The Balaban J connectivity index is 1.99. The fraction of sp³-hybridized carbons (Fsp3) is 0.533. The number of carbonyl (C=O) groups excluding carboxylic acids is 1. The minimum Gasteiger partial charge on any atom is -0.352 e. The number of hydrogen-bond acceptors (Lipinski definition) is 3. The SMILES string of the molecule is Cc1ccc(C(=O)NCCC2CCCC2)cc1S(N)(=O)=O. The third-order valence-electron chi connectivity index (χ3n) is 4.07. The molecule has 0 unspecified atom stereocenters. The lowest BCUT2D eigenvalue weighted by atomic mass is 10.0. The molecule has 0 atom stereocenters. The number of hydrogen-bond donors (Lipinski definition) is 2. The van der Waals surface area contributed by atoms with Gasteiger partial charge in [-0.2, -0.15) is 0 Å². The van der Waals surface area contributed by atoms with Crippen LogP contribution in [0.25, 0.3) is 0 Å². The van der Waals surface area contributed by atoms with E-state index >= 15 is 0 Å². The van der Waals surface area contributed by atoms with E-state index in [9.17, 15) is 13.2 Å². The molecule has 1 aliphatic rings. The van der Waals surface area contributed by atoms with Crippen LogP contribution in [-0.2, 0) is 10.0 Å². The molecule has 1 aromatic rings. The highest BCUT2D eigenvalue weighted by Gasteiger charge is 2.17. The molecule has 0 spiro atoms. The summed E-state index contributed by atoms with van der Waals surface area (Å²) in [5.74, 6) is 0.459. The topological polar surface area (TPSA) is 89.3 Å². The van der Waals surface area contributed by atoms with Gasteiger partial charge < -0.3 is 5.32 Å². The summed E-state index contributed by atoms with van der Waals surface area (Å²) in [5, 5.41) is 8.00. The lowest BCUT2D eigenvalue weighted by Gasteiger charge is -2.11. The zero-order valence-corrected chi connectivity index (χ0v) is 13.1. The predicted octanol–water partition coefficient (Wildman–Crippen LogP) is 1.95. The van der Waals surface area contributed by atoms with Gasteiger partial charge in [-0.15, -0.1) is 0 Å². The predicted molar refractivity (Wildman–Crippen MR) is 81.5 cm³/mol. The van der Waals surface area contributed by atoms with E-state index in [0.717, 1.165) is 6.42 Å². The van der Waals surface area contributed by atoms with Crippen LogP contribution < -0.4 is 10.5 Å². The van der Waals surface area contributed by atoms with E-state index in [-0.39, 0.29) is 10.8 Å². The second kappa shape index (κ2) is 6.58. The van der Waals surface area contributed by atoms with Crippen LogP contribution in [0, 0.1) is 12.8 Å². The molecule has 1 aromatic carbocycles. The van der Waals surface area contributed by atoms with E-state index in [1.807, 2.05) is 0 Å². The minimum atomic E-state index is -3.80. The Kier molecular flexibility index (Phi) is 5.00. The molecule has 1 amide bonds. The molecule has 6 heteroatoms. The van der Waals surface area contributed by atoms with Crippen LogP contribution in [0.3, 0.4) is 0 Å². The lowest BCUT2D eigenvalue weighted by Crippen LogP contribution is -2.26. The third-order valence-corrected chi connectivity index (χ3v) is 5.12. The van der Waals surface area contributed by atoms with E-state index in [0.29, 0.717) is 23.6 Å². The highest BCUT2D eigenvalue weighted by molar-refractivity contribution is 7.89. The molecule has 1 saturated carbocycles. The maximum absolute atomic E-state index is 12.1. The number of primary sulfonamides is 1. The largest absolute Gasteiger partial charge is 0.352 e. The number of nitrogens with one attached hydrogen (secondary N) is 1. The monoisotopic (exact) mass is 310 g/mol. The average Bonchev–Trinajstić information content (AvgIpc) is 2.91. The maximum atomic E-state index is 12.1. The van der Waals surface area contributed by atoms with Gasteiger partial charge in [-0.25, -0.2) is 13.6 Å². The number of sulfonamides is 1. The van der Waals surface area contributed by atoms with Crippen molar-refractivity contribution in [1.29, 1.82) is 0 Å². The van der Waals surface area contributed by atoms with Crippen LogP contribution in [0.15, 0.2) is 23.1 Å². The van der Waals surface area contributed by atoms with Gasteiger partial charge in [0.05, 0.1) is 4.90 Å². The first-order valence-electron chi connectivity index (χ1n) is 7.29. The first-order valence-corrected chi connectivity index (χ1v) is 8.84. The van der Waals surface area contributed by atoms with Crippen LogP contribution in [-0.4, -0.2) is 20.9 Å². The molecule has 21 heavy (non-hydrogen) atoms. The standard InChI is InChI=1S/C15H22N2O3S/c1-11-6-7-13(10-14(11)21(16,19)20)15(18)17-9-8-12-4-2-3-5-12/h6-7,10,12H,2-5,8-9H2,1H3,(H,17,18)(H2,16,19,20). The van der Waals surface area contributed by atoms with E-state index in [4.69, 9.17) is 5.14 Å². The van der Waals surface area contributed by atoms with Crippen molar-refractivity contribution in [3.8, 4) is 0 Å². The van der Waals surface area contributed by atoms with Gasteiger partial charge in [-0.05, 0) is 37.0 Å². The zero-order chi connectivity index (χ0) is 15.5. The van der Waals surface area contributed by atoms with Crippen LogP contribution in [0.2, 0.25) is 0 Å². The smallest absolute Gasteiger partial charge is 0.251 e. The minimum absolute atomic E-state index is 0.00550. The lowest BCUT2D eigenvalue weighted by molar-refractivity contribution is 0.0951. The summed E-state index contributed by atoms with van der Waals surface area (Å²) in [6.45, 7) is 2.28. The number of carbonyl (C=O) groups is 1. The van der Waals surface area contributed by atoms with Crippen molar-refractivity contribution in [2.24, 2.45) is 11.1 Å². The Hall–Kier alpha value is -1.40. The Labute approximate surface area is 126 Å². The summed E-state index contributed by atoms with van der Waals surface area (Å²) in [6.07, 6.45) is 6.05. The van der Waals surface area contributed by atoms with Gasteiger partial charge >= 0.3 is 0 Å². The second-order valence-corrected chi connectivity index (χ2v) is 7.25. The van der Waals surface area contributed by atoms with Gasteiger partial charge in [-0.1, -0.05) is 31.7 Å². The first-order chi connectivity index (χ1) is 9.88. The van der Waals surface area contributed by atoms with Gasteiger partial charge in [0.2, 0.25) is 10.0 Å². The molecule has 2 rings (SSSR count). The summed E-state index contributed by atoms with van der Waals surface area (Å²) >= 11 is 0. The number of benzene rings is 1. The van der Waals surface area contributed by atoms with E-state index in [1.165, 1.54) is 31.7 Å². The molecular weight excluding hydrogens is 288 g/mol. The Morgan fingerprint density at radius 3 is 2.62 bits per heavy atom. The van der Waals surface area contributed by atoms with Gasteiger partial charge in [0.15, 0.2) is 0 Å². The van der Waals surface area contributed by atoms with Gasteiger partial charge in [0.1, 0.15) is 0 Å². The molecule has 3 N–H and O–H groups in total. The van der Waals surface area contributed by atoms with Crippen LogP contribution in [0.4, 0.5) is 0 Å². The van der Waals surface area contributed by atoms with Crippen LogP contribution in [0.5, 0.6) is 0 Å². The number of rotatable bonds is 5. The molecule has 0 bridgehead atoms. The zero-order valence-electron chi connectivity index (χ0n) is 12.3. The summed E-state index contributed by atoms with van der Waals surface area (Å²) in [7, 11) is -3.80. The molecule has 1 fully saturated rings. The first kappa shape index (κ1) is 16.0. The normalized spacial score (nSPS) is 16.1. The average molecular weight is 310 g/mol. The highest BCUT2D eigenvalue weighted by atomic mass is 32.2. The van der Waals surface area contributed by atoms with Crippen molar-refractivity contribution in [3.63, 3.8) is 0 Å². The van der Waals surface area contributed by atoms with Crippen molar-refractivity contribution in [2.45, 2.75) is 43.9 Å². The van der Waals surface area contributed by atoms with Crippen molar-refractivity contribution in [3.05, 3.63) is 29.3 Å². The van der Waals surface area contributed by atoms with Crippen molar-refractivity contribution >= 4 is 15.9 Å². The molecular formula is C15H22N2O3S. The number of amides is 1. The van der Waals surface area contributed by atoms with Gasteiger partial charge in [0, 0.05) is 12.1 Å². The summed E-state index contributed by atoms with van der Waals surface area (Å²) in [4.78, 5) is 12.1. The van der Waals surface area contributed by atoms with Gasteiger partial charge in [-0.3, -0.25) is 4.79 Å². The number of aryl methyl sites for hydroxylation is 1. The molecule has 116 valence electrons. The van der Waals surface area contributed by atoms with Crippen LogP contribution >= 0.6 is 0 Å². The van der Waals surface area contributed by atoms with Gasteiger partial charge in [0.25, 0.3) is 5.91 Å². The molecule has 0 aliphatic heterocycles. The molecule has 0 heterocycles. The quantitative estimate of drug-likeness (QED) is 0.871.